The van der Waals surface area contributed by atoms with Crippen LogP contribution in [0.3, 0.4) is 0 Å². The molecule has 2 N–H and O–H groups in total. The third-order valence-electron chi connectivity index (χ3n) is 4.83. The highest BCUT2D eigenvalue weighted by molar-refractivity contribution is 14.0. The number of piperazine rings is 1. The molecular formula is C22H30IN5O. The first kappa shape index (κ1) is 23.2. The molecule has 0 saturated carbocycles. The van der Waals surface area contributed by atoms with E-state index >= 15 is 0 Å². The predicted octanol–water partition coefficient (Wildman–Crippen LogP) is 3.16. The summed E-state index contributed by atoms with van der Waals surface area (Å²) < 4.78 is 0. The summed E-state index contributed by atoms with van der Waals surface area (Å²) in [5.74, 6) is 0.860. The van der Waals surface area contributed by atoms with E-state index in [2.05, 4.69) is 55.8 Å². The highest BCUT2D eigenvalue weighted by atomic mass is 127. The lowest BCUT2D eigenvalue weighted by Gasteiger charge is -2.36. The largest absolute Gasteiger partial charge is 0.352 e. The van der Waals surface area contributed by atoms with Gasteiger partial charge in [0.1, 0.15) is 0 Å². The summed E-state index contributed by atoms with van der Waals surface area (Å²) >= 11 is 0. The molecule has 0 unspecified atom stereocenters. The number of nitrogens with one attached hydrogen (secondary N) is 2. The molecule has 29 heavy (non-hydrogen) atoms. The Kier molecular flexibility index (Phi) is 9.40. The van der Waals surface area contributed by atoms with Crippen molar-refractivity contribution in [3.8, 4) is 0 Å². The van der Waals surface area contributed by atoms with Crippen LogP contribution in [0, 0.1) is 0 Å². The number of guanidine groups is 1. The number of hydrogen-bond donors (Lipinski definition) is 2. The van der Waals surface area contributed by atoms with Crippen molar-refractivity contribution in [2.45, 2.75) is 20.0 Å². The van der Waals surface area contributed by atoms with Crippen molar-refractivity contribution in [3.63, 3.8) is 0 Å². The van der Waals surface area contributed by atoms with Crippen molar-refractivity contribution in [2.75, 3.05) is 38.5 Å². The van der Waals surface area contributed by atoms with E-state index < -0.39 is 0 Å². The molecule has 1 saturated heterocycles. The lowest BCUT2D eigenvalue weighted by molar-refractivity contribution is -0.114. The van der Waals surface area contributed by atoms with Crippen LogP contribution in [0.4, 0.5) is 5.69 Å². The monoisotopic (exact) mass is 507 g/mol. The van der Waals surface area contributed by atoms with Crippen LogP contribution < -0.4 is 10.6 Å². The number of anilines is 1. The maximum Gasteiger partial charge on any atom is 0.221 e. The van der Waals surface area contributed by atoms with Gasteiger partial charge in [-0.15, -0.1) is 24.0 Å². The molecule has 1 aliphatic rings. The molecule has 156 valence electrons. The van der Waals surface area contributed by atoms with Gasteiger partial charge in [0.05, 0.1) is 0 Å². The molecule has 2 aromatic rings. The molecule has 1 amide bonds. The minimum atomic E-state index is -0.0608. The summed E-state index contributed by atoms with van der Waals surface area (Å²) in [6.07, 6.45) is 0. The Morgan fingerprint density at radius 1 is 1.00 bits per heavy atom. The van der Waals surface area contributed by atoms with Crippen molar-refractivity contribution in [1.29, 1.82) is 0 Å². The van der Waals surface area contributed by atoms with Gasteiger partial charge in [-0.1, -0.05) is 42.5 Å². The van der Waals surface area contributed by atoms with Crippen molar-refractivity contribution >= 4 is 41.5 Å². The average Bonchev–Trinajstić information content (AvgIpc) is 2.70. The maximum absolute atomic E-state index is 11.2. The molecule has 1 fully saturated rings. The molecule has 0 radical (unpaired) electrons. The smallest absolute Gasteiger partial charge is 0.221 e. The van der Waals surface area contributed by atoms with Gasteiger partial charge in [0.25, 0.3) is 0 Å². The minimum Gasteiger partial charge on any atom is -0.352 e. The summed E-state index contributed by atoms with van der Waals surface area (Å²) in [5.41, 5.74) is 3.28. The molecular weight excluding hydrogens is 477 g/mol. The van der Waals surface area contributed by atoms with E-state index in [1.54, 1.807) is 0 Å². The summed E-state index contributed by atoms with van der Waals surface area (Å²) in [4.78, 5) is 20.5. The van der Waals surface area contributed by atoms with Crippen LogP contribution in [0.2, 0.25) is 0 Å². The number of nitrogens with zero attached hydrogens (tertiary/aromatic N) is 3. The zero-order valence-electron chi connectivity index (χ0n) is 17.1. The standard InChI is InChI=1S/C22H29N5O.HI/c1-18(28)25-21-10-6-9-20(15-21)16-24-22(23-2)27-13-11-26(12-14-27)17-19-7-4-3-5-8-19;/h3-10,15H,11-14,16-17H2,1-2H3,(H,23,24)(H,25,28);1H. The van der Waals surface area contributed by atoms with E-state index in [1.807, 2.05) is 31.3 Å². The molecule has 3 rings (SSSR count). The van der Waals surface area contributed by atoms with Gasteiger partial charge in [-0.25, -0.2) is 0 Å². The second-order valence-corrected chi connectivity index (χ2v) is 7.03. The van der Waals surface area contributed by atoms with E-state index in [4.69, 9.17) is 0 Å². The number of aliphatic imine (C=N–C) groups is 1. The normalized spacial score (nSPS) is 14.8. The third-order valence-corrected chi connectivity index (χ3v) is 4.83. The van der Waals surface area contributed by atoms with Gasteiger partial charge in [-0.2, -0.15) is 0 Å². The van der Waals surface area contributed by atoms with Crippen LogP contribution >= 0.6 is 24.0 Å². The van der Waals surface area contributed by atoms with Gasteiger partial charge >= 0.3 is 0 Å². The molecule has 6 nitrogen and oxygen atoms in total. The van der Waals surface area contributed by atoms with Crippen molar-refractivity contribution < 1.29 is 4.79 Å². The van der Waals surface area contributed by atoms with Crippen LogP contribution in [0.15, 0.2) is 59.6 Å². The first-order chi connectivity index (χ1) is 13.6. The van der Waals surface area contributed by atoms with Gasteiger partial charge in [0.2, 0.25) is 5.91 Å². The summed E-state index contributed by atoms with van der Waals surface area (Å²) in [6, 6.07) is 18.5. The van der Waals surface area contributed by atoms with Crippen LogP contribution in [0.25, 0.3) is 0 Å². The number of benzene rings is 2. The fourth-order valence-electron chi connectivity index (χ4n) is 3.44. The average molecular weight is 507 g/mol. The minimum absolute atomic E-state index is 0. The zero-order valence-corrected chi connectivity index (χ0v) is 19.4. The Balaban J connectivity index is 0.00000300. The van der Waals surface area contributed by atoms with Crippen LogP contribution in [-0.2, 0) is 17.9 Å². The number of halogens is 1. The first-order valence-corrected chi connectivity index (χ1v) is 9.72. The SMILES string of the molecule is CN=C(NCc1cccc(NC(C)=O)c1)N1CCN(Cc2ccccc2)CC1.I. The van der Waals surface area contributed by atoms with E-state index in [9.17, 15) is 4.79 Å². The quantitative estimate of drug-likeness (QED) is 0.371. The number of hydrogen-bond acceptors (Lipinski definition) is 3. The maximum atomic E-state index is 11.2. The summed E-state index contributed by atoms with van der Waals surface area (Å²) in [7, 11) is 1.83. The predicted molar refractivity (Wildman–Crippen MR) is 130 cm³/mol. The summed E-state index contributed by atoms with van der Waals surface area (Å²) in [6.45, 7) is 7.14. The molecule has 0 aliphatic carbocycles. The van der Waals surface area contributed by atoms with Gasteiger partial charge in [-0.3, -0.25) is 14.7 Å². The highest BCUT2D eigenvalue weighted by Gasteiger charge is 2.19. The van der Waals surface area contributed by atoms with Crippen molar-refractivity contribution in [3.05, 3.63) is 65.7 Å². The molecule has 0 aromatic heterocycles. The number of amides is 1. The Bertz CT molecular complexity index is 804. The first-order valence-electron chi connectivity index (χ1n) is 9.72. The van der Waals surface area contributed by atoms with Gasteiger partial charge in [-0.05, 0) is 23.3 Å². The Hall–Kier alpha value is -2.13. The van der Waals surface area contributed by atoms with Crippen molar-refractivity contribution in [2.24, 2.45) is 4.99 Å². The fraction of sp³-hybridized carbons (Fsp3) is 0.364. The molecule has 1 aliphatic heterocycles. The lowest BCUT2D eigenvalue weighted by Crippen LogP contribution is -2.52. The number of rotatable bonds is 5. The molecule has 0 bridgehead atoms. The molecule has 0 atom stereocenters. The zero-order chi connectivity index (χ0) is 19.8. The third kappa shape index (κ3) is 7.32. The lowest BCUT2D eigenvalue weighted by atomic mass is 10.2. The molecule has 0 spiro atoms. The van der Waals surface area contributed by atoms with E-state index in [0.717, 1.165) is 49.9 Å². The van der Waals surface area contributed by atoms with Gasteiger partial charge in [0, 0.05) is 58.9 Å². The van der Waals surface area contributed by atoms with E-state index in [-0.39, 0.29) is 29.9 Å². The Morgan fingerprint density at radius 3 is 2.34 bits per heavy atom. The van der Waals surface area contributed by atoms with E-state index in [1.165, 1.54) is 12.5 Å². The molecule has 2 aromatic carbocycles. The van der Waals surface area contributed by atoms with Crippen LogP contribution in [0.1, 0.15) is 18.1 Å². The van der Waals surface area contributed by atoms with Gasteiger partial charge < -0.3 is 15.5 Å². The van der Waals surface area contributed by atoms with Gasteiger partial charge in [0.15, 0.2) is 5.96 Å². The molecule has 7 heteroatoms. The van der Waals surface area contributed by atoms with E-state index in [0.29, 0.717) is 6.54 Å². The number of carbonyl (C=O) groups excluding carboxylic acids is 1. The second-order valence-electron chi connectivity index (χ2n) is 7.03. The molecule has 1 heterocycles. The summed E-state index contributed by atoms with van der Waals surface area (Å²) in [5, 5.41) is 6.27. The second kappa shape index (κ2) is 11.8. The highest BCUT2D eigenvalue weighted by Crippen LogP contribution is 2.11. The Labute approximate surface area is 190 Å². The topological polar surface area (TPSA) is 60.0 Å². The Morgan fingerprint density at radius 2 is 1.69 bits per heavy atom. The van der Waals surface area contributed by atoms with Crippen LogP contribution in [-0.4, -0.2) is 54.9 Å². The van der Waals surface area contributed by atoms with Crippen molar-refractivity contribution in [1.82, 2.24) is 15.1 Å². The fourth-order valence-corrected chi connectivity index (χ4v) is 3.44. The number of carbonyl (C=O) groups is 1. The van der Waals surface area contributed by atoms with Crippen LogP contribution in [0.5, 0.6) is 0 Å².